The van der Waals surface area contributed by atoms with Gasteiger partial charge in [0.2, 0.25) is 5.71 Å². The Morgan fingerprint density at radius 3 is 1.18 bits per heavy atom. The molecule has 0 fully saturated rings. The molecule has 0 N–H and O–H groups in total. The summed E-state index contributed by atoms with van der Waals surface area (Å²) in [6.45, 7) is 17.7. The van der Waals surface area contributed by atoms with Gasteiger partial charge in [0.05, 0.1) is 6.20 Å². The van der Waals surface area contributed by atoms with E-state index in [0.29, 0.717) is 29.4 Å². The molecule has 432 valence electrons. The Labute approximate surface area is 512 Å². The molecule has 0 unspecified atom stereocenters. The first-order valence-electron chi connectivity index (χ1n) is 30.4. The molecule has 8 heterocycles. The van der Waals surface area contributed by atoms with Crippen molar-refractivity contribution in [3.05, 3.63) is 266 Å². The van der Waals surface area contributed by atoms with Crippen LogP contribution in [0, 0.1) is 0 Å². The van der Waals surface area contributed by atoms with Crippen molar-refractivity contribution in [3.63, 3.8) is 0 Å². The monoisotopic (exact) mass is 1150 g/mol. The summed E-state index contributed by atoms with van der Waals surface area (Å²) in [5.41, 5.74) is 22.5. The second-order valence-corrected chi connectivity index (χ2v) is 23.7. The van der Waals surface area contributed by atoms with Gasteiger partial charge in [0.1, 0.15) is 33.4 Å². The van der Waals surface area contributed by atoms with Crippen molar-refractivity contribution in [1.29, 1.82) is 0 Å². The van der Waals surface area contributed by atoms with E-state index >= 15 is 0 Å². The molecule has 8 nitrogen and oxygen atoms in total. The highest BCUT2D eigenvalue weighted by atomic mass is 16.3. The van der Waals surface area contributed by atoms with Crippen molar-refractivity contribution >= 4 is 88.0 Å². The smallest absolute Gasteiger partial charge is 0.227 e. The first-order valence-corrected chi connectivity index (χ1v) is 30.4. The zero-order valence-electron chi connectivity index (χ0n) is 50.8. The molecule has 88 heavy (non-hydrogen) atoms. The van der Waals surface area contributed by atoms with Crippen molar-refractivity contribution in [2.45, 2.75) is 79.1 Å². The number of pyridine rings is 4. The molecule has 8 aromatic heterocycles. The molecule has 0 aliphatic carbocycles. The topological polar surface area (TPSA) is 104 Å². The highest BCUT2D eigenvalue weighted by Gasteiger charge is 2.18. The number of benzene rings is 8. The Kier molecular flexibility index (Phi) is 15.8. The van der Waals surface area contributed by atoms with Crippen LogP contribution in [0.2, 0.25) is 0 Å². The van der Waals surface area contributed by atoms with Crippen LogP contribution in [-0.4, -0.2) is 19.9 Å². The minimum absolute atomic E-state index is 0.511. The number of para-hydroxylation sites is 4. The summed E-state index contributed by atoms with van der Waals surface area (Å²) in [7, 11) is 0. The van der Waals surface area contributed by atoms with E-state index in [1.165, 1.54) is 44.5 Å². The summed E-state index contributed by atoms with van der Waals surface area (Å²) in [5.74, 6) is 2.05. The van der Waals surface area contributed by atoms with Gasteiger partial charge in [0.25, 0.3) is 0 Å². The van der Waals surface area contributed by atoms with Crippen LogP contribution >= 0.6 is 0 Å². The minimum atomic E-state index is 0.511. The first-order chi connectivity index (χ1) is 42.9. The molecule has 8 heteroatoms. The summed E-state index contributed by atoms with van der Waals surface area (Å²) in [6, 6.07) is 71.7. The molecule has 0 saturated heterocycles. The lowest BCUT2D eigenvalue weighted by Gasteiger charge is -2.08. The van der Waals surface area contributed by atoms with E-state index in [2.05, 4.69) is 251 Å². The Morgan fingerprint density at radius 1 is 0.273 bits per heavy atom. The van der Waals surface area contributed by atoms with Gasteiger partial charge in [-0.25, -0.2) is 4.98 Å². The maximum atomic E-state index is 6.10. The van der Waals surface area contributed by atoms with Crippen LogP contribution in [0.4, 0.5) is 0 Å². The molecule has 0 spiro atoms. The fourth-order valence-corrected chi connectivity index (χ4v) is 11.7. The average molecular weight is 1150 g/mol. The van der Waals surface area contributed by atoms with Gasteiger partial charge >= 0.3 is 0 Å². The molecule has 16 aromatic rings. The lowest BCUT2D eigenvalue weighted by atomic mass is 9.96. The minimum Gasteiger partial charge on any atom is -0.455 e. The van der Waals surface area contributed by atoms with Crippen LogP contribution in [-0.2, 0) is 0 Å². The van der Waals surface area contributed by atoms with Crippen LogP contribution in [0.5, 0.6) is 0 Å². The van der Waals surface area contributed by atoms with Gasteiger partial charge in [0.15, 0.2) is 11.2 Å². The lowest BCUT2D eigenvalue weighted by molar-refractivity contribution is 0.655. The second-order valence-electron chi connectivity index (χ2n) is 23.7. The van der Waals surface area contributed by atoms with Crippen molar-refractivity contribution in [2.24, 2.45) is 0 Å². The zero-order valence-corrected chi connectivity index (χ0v) is 50.8. The predicted octanol–water partition coefficient (Wildman–Crippen LogP) is 23.1. The van der Waals surface area contributed by atoms with Crippen LogP contribution < -0.4 is 0 Å². The van der Waals surface area contributed by atoms with E-state index in [0.717, 1.165) is 105 Å². The van der Waals surface area contributed by atoms with E-state index in [-0.39, 0.29) is 0 Å². The van der Waals surface area contributed by atoms with Gasteiger partial charge in [-0.1, -0.05) is 219 Å². The number of hydrogen-bond donors (Lipinski definition) is 0. The quantitative estimate of drug-likeness (QED) is 0.148. The summed E-state index contributed by atoms with van der Waals surface area (Å²) in [4.78, 5) is 17.2. The van der Waals surface area contributed by atoms with Gasteiger partial charge in [-0.15, -0.1) is 0 Å². The van der Waals surface area contributed by atoms with Gasteiger partial charge in [-0.2, -0.15) is 0 Å². The summed E-state index contributed by atoms with van der Waals surface area (Å²) < 4.78 is 24.3. The van der Waals surface area contributed by atoms with Crippen LogP contribution in [0.15, 0.2) is 261 Å². The molecular weight excluding hydrogens is 1080 g/mol. The molecule has 16 rings (SSSR count). The molecule has 0 saturated carbocycles. The van der Waals surface area contributed by atoms with Gasteiger partial charge in [-0.05, 0) is 111 Å². The highest BCUT2D eigenvalue weighted by Crippen LogP contribution is 2.40. The Balaban J connectivity index is 0.000000108. The van der Waals surface area contributed by atoms with E-state index < -0.39 is 0 Å². The maximum absolute atomic E-state index is 6.10. The molecular formula is C80H68N4O4. The van der Waals surface area contributed by atoms with E-state index in [9.17, 15) is 0 Å². The Morgan fingerprint density at radius 2 is 0.659 bits per heavy atom. The van der Waals surface area contributed by atoms with E-state index in [4.69, 9.17) is 17.7 Å². The van der Waals surface area contributed by atoms with E-state index in [1.54, 1.807) is 18.6 Å². The largest absolute Gasteiger partial charge is 0.455 e. The molecule has 0 atom stereocenters. The van der Waals surface area contributed by atoms with Crippen molar-refractivity contribution in [2.75, 3.05) is 0 Å². The number of aromatic nitrogens is 4. The maximum Gasteiger partial charge on any atom is 0.227 e. The van der Waals surface area contributed by atoms with Crippen molar-refractivity contribution < 1.29 is 17.7 Å². The third kappa shape index (κ3) is 11.2. The highest BCUT2D eigenvalue weighted by molar-refractivity contribution is 6.12. The average Bonchev–Trinajstić information content (AvgIpc) is 4.10. The molecule has 0 aliphatic heterocycles. The van der Waals surface area contributed by atoms with Crippen LogP contribution in [0.3, 0.4) is 0 Å². The number of hydrogen-bond acceptors (Lipinski definition) is 8. The van der Waals surface area contributed by atoms with Crippen LogP contribution in [0.25, 0.3) is 133 Å². The van der Waals surface area contributed by atoms with Crippen molar-refractivity contribution in [3.8, 4) is 44.5 Å². The molecule has 0 bridgehead atoms. The second kappa shape index (κ2) is 24.5. The molecule has 0 aliphatic rings. The molecule has 0 radical (unpaired) electrons. The number of rotatable bonds is 8. The normalized spacial score (nSPS) is 11.6. The first kappa shape index (κ1) is 56.7. The van der Waals surface area contributed by atoms with E-state index in [1.807, 2.05) is 48.9 Å². The summed E-state index contributed by atoms with van der Waals surface area (Å²) >= 11 is 0. The number of furan rings is 4. The number of fused-ring (bicyclic) bond motifs is 12. The van der Waals surface area contributed by atoms with Crippen LogP contribution in [0.1, 0.15) is 101 Å². The van der Waals surface area contributed by atoms with Gasteiger partial charge in [-0.3, -0.25) is 15.0 Å². The predicted molar refractivity (Wildman–Crippen MR) is 364 cm³/mol. The third-order valence-electron chi connectivity index (χ3n) is 16.6. The SMILES string of the molecule is CC(C)c1cccc(-c2cccc3c2oc2cccnc23)c1.CC(C)c1cccc(-c2cccc3c2oc2ccncc23)c1.CC(C)c1cccc(-c2cccc3c2oc2cnccc23)c1.CC(C)c1cccc(-c2cccc3c2oc2ncccc23)c1. The molecule has 0 amide bonds. The number of nitrogens with zero attached hydrogens (tertiary/aromatic N) is 4. The third-order valence-corrected chi connectivity index (χ3v) is 16.6. The fraction of sp³-hybridized carbons (Fsp3) is 0.150. The van der Waals surface area contributed by atoms with Gasteiger partial charge < -0.3 is 17.7 Å². The fourth-order valence-electron chi connectivity index (χ4n) is 11.7. The Hall–Kier alpha value is -10.4. The summed E-state index contributed by atoms with van der Waals surface area (Å²) in [5, 5.41) is 7.71. The van der Waals surface area contributed by atoms with Crippen molar-refractivity contribution in [1.82, 2.24) is 19.9 Å². The standard InChI is InChI=1S/4C20H17NO/c1-13(2)14-6-3-7-15(12-14)16-8-4-9-17-19-18(22-20(16)17)10-5-11-21-19;1-13(2)14-6-3-7-15(12-14)16-8-4-9-17-18-10-5-11-21-20(18)22-19(16)17;1-13(2)14-5-3-6-15(11-14)16-7-4-8-18-17-9-10-21-12-19(17)22-20(16)18;1-13(2)14-5-3-6-15(11-14)16-7-4-8-17-18-12-21-10-9-19(18)22-20(16)17/h4*3-13H,1-2H3. The lowest BCUT2D eigenvalue weighted by Crippen LogP contribution is -1.88. The summed E-state index contributed by atoms with van der Waals surface area (Å²) in [6.07, 6.45) is 10.8. The molecule has 8 aromatic carbocycles. The Bertz CT molecular complexity index is 4510. The van der Waals surface area contributed by atoms with Gasteiger partial charge in [0, 0.05) is 90.9 Å². The zero-order chi connectivity index (χ0) is 60.4.